The first-order valence-corrected chi connectivity index (χ1v) is 8.02. The molecular formula is C14H15BrClNOS. The lowest BCUT2D eigenvalue weighted by Crippen LogP contribution is -2.21. The maximum Gasteiger partial charge on any atom is 0.119 e. The number of halogens is 2. The van der Waals surface area contributed by atoms with Crippen LogP contribution >= 0.6 is 38.9 Å². The Labute approximate surface area is 130 Å². The van der Waals surface area contributed by atoms with E-state index in [1.165, 1.54) is 0 Å². The van der Waals surface area contributed by atoms with E-state index >= 15 is 0 Å². The first kappa shape index (κ1) is 14.9. The summed E-state index contributed by atoms with van der Waals surface area (Å²) in [4.78, 5) is 1.12. The molecule has 5 heteroatoms. The molecule has 0 aliphatic heterocycles. The van der Waals surface area contributed by atoms with E-state index in [4.69, 9.17) is 16.3 Å². The predicted molar refractivity (Wildman–Crippen MR) is 85.5 cm³/mol. The van der Waals surface area contributed by atoms with Crippen LogP contribution in [-0.2, 0) is 0 Å². The molecule has 0 spiro atoms. The van der Waals surface area contributed by atoms with Crippen LogP contribution in [0.2, 0.25) is 5.02 Å². The first-order valence-electron chi connectivity index (χ1n) is 5.97. The maximum atomic E-state index is 6.27. The normalized spacial score (nSPS) is 12.4. The van der Waals surface area contributed by atoms with E-state index in [9.17, 15) is 0 Å². The average molecular weight is 361 g/mol. The number of nitrogens with one attached hydrogen (secondary N) is 1. The molecule has 102 valence electrons. The van der Waals surface area contributed by atoms with Gasteiger partial charge in [-0.25, -0.2) is 0 Å². The number of methoxy groups -OCH3 is 1. The molecule has 1 aromatic heterocycles. The standard InChI is InChI=1S/C14H15BrClNOS/c1-3-17-13(14-12(16)6-7-19-14)10-8-9(18-2)4-5-11(10)15/h4-8,13,17H,3H2,1-2H3. The second-order valence-corrected chi connectivity index (χ2v) is 6.22. The topological polar surface area (TPSA) is 21.3 Å². The van der Waals surface area contributed by atoms with Crippen molar-refractivity contribution in [2.75, 3.05) is 13.7 Å². The fraction of sp³-hybridized carbons (Fsp3) is 0.286. The molecule has 2 rings (SSSR count). The molecular weight excluding hydrogens is 346 g/mol. The van der Waals surface area contributed by atoms with Crippen molar-refractivity contribution in [1.82, 2.24) is 5.32 Å². The van der Waals surface area contributed by atoms with E-state index in [1.807, 2.05) is 29.6 Å². The van der Waals surface area contributed by atoms with E-state index < -0.39 is 0 Å². The van der Waals surface area contributed by atoms with Gasteiger partial charge in [-0.2, -0.15) is 0 Å². The third-order valence-corrected chi connectivity index (χ3v) is 4.97. The summed E-state index contributed by atoms with van der Waals surface area (Å²) in [6.07, 6.45) is 0. The lowest BCUT2D eigenvalue weighted by atomic mass is 10.0. The molecule has 1 atom stereocenters. The number of hydrogen-bond donors (Lipinski definition) is 1. The Bertz CT molecular complexity index is 558. The Balaban J connectivity index is 2.47. The Morgan fingerprint density at radius 1 is 1.42 bits per heavy atom. The van der Waals surface area contributed by atoms with E-state index in [1.54, 1.807) is 18.4 Å². The summed E-state index contributed by atoms with van der Waals surface area (Å²) in [5.41, 5.74) is 1.13. The van der Waals surface area contributed by atoms with Gasteiger partial charge in [0.1, 0.15) is 5.75 Å². The minimum absolute atomic E-state index is 0.0713. The minimum Gasteiger partial charge on any atom is -0.497 e. The highest BCUT2D eigenvalue weighted by atomic mass is 79.9. The van der Waals surface area contributed by atoms with Crippen LogP contribution in [0.1, 0.15) is 23.4 Å². The van der Waals surface area contributed by atoms with Gasteiger partial charge in [0.25, 0.3) is 0 Å². The summed E-state index contributed by atoms with van der Waals surface area (Å²) in [5.74, 6) is 0.841. The van der Waals surface area contributed by atoms with Gasteiger partial charge in [-0.3, -0.25) is 0 Å². The number of rotatable bonds is 5. The second-order valence-electron chi connectivity index (χ2n) is 4.01. The first-order chi connectivity index (χ1) is 9.17. The molecule has 1 N–H and O–H groups in total. The van der Waals surface area contributed by atoms with E-state index in [0.29, 0.717) is 0 Å². The zero-order valence-electron chi connectivity index (χ0n) is 10.7. The third-order valence-electron chi connectivity index (χ3n) is 2.83. The molecule has 0 radical (unpaired) electrons. The summed E-state index contributed by atoms with van der Waals surface area (Å²) in [5, 5.41) is 6.28. The van der Waals surface area contributed by atoms with Gasteiger partial charge >= 0.3 is 0 Å². The quantitative estimate of drug-likeness (QED) is 0.821. The Kier molecular flexibility index (Phi) is 5.28. The SMILES string of the molecule is CCNC(c1cc(OC)ccc1Br)c1sccc1Cl. The molecule has 0 saturated carbocycles. The molecule has 1 heterocycles. The summed E-state index contributed by atoms with van der Waals surface area (Å²) < 4.78 is 6.35. The molecule has 0 aliphatic rings. The highest BCUT2D eigenvalue weighted by molar-refractivity contribution is 9.10. The average Bonchev–Trinajstić information content (AvgIpc) is 2.83. The van der Waals surface area contributed by atoms with Crippen molar-refractivity contribution in [3.63, 3.8) is 0 Å². The maximum absolute atomic E-state index is 6.27. The van der Waals surface area contributed by atoms with Gasteiger partial charge in [0, 0.05) is 9.35 Å². The molecule has 2 nitrogen and oxygen atoms in total. The largest absolute Gasteiger partial charge is 0.497 e. The van der Waals surface area contributed by atoms with Gasteiger partial charge < -0.3 is 10.1 Å². The number of thiophene rings is 1. The predicted octanol–water partition coefficient (Wildman–Crippen LogP) is 4.87. The van der Waals surface area contributed by atoms with E-state index in [0.717, 1.165) is 32.2 Å². The lowest BCUT2D eigenvalue weighted by molar-refractivity contribution is 0.413. The monoisotopic (exact) mass is 359 g/mol. The van der Waals surface area contributed by atoms with Gasteiger partial charge in [-0.15, -0.1) is 11.3 Å². The fourth-order valence-corrected chi connectivity index (χ4v) is 3.66. The fourth-order valence-electron chi connectivity index (χ4n) is 1.93. The van der Waals surface area contributed by atoms with Crippen LogP contribution in [0.5, 0.6) is 5.75 Å². The zero-order chi connectivity index (χ0) is 13.8. The molecule has 1 unspecified atom stereocenters. The van der Waals surface area contributed by atoms with Gasteiger partial charge in [-0.1, -0.05) is 34.5 Å². The highest BCUT2D eigenvalue weighted by Crippen LogP contribution is 2.37. The van der Waals surface area contributed by atoms with Gasteiger partial charge in [0.05, 0.1) is 18.2 Å². The summed E-state index contributed by atoms with van der Waals surface area (Å²) in [6, 6.07) is 7.97. The van der Waals surface area contributed by atoms with Crippen LogP contribution in [0.3, 0.4) is 0 Å². The molecule has 0 amide bonds. The Morgan fingerprint density at radius 2 is 2.21 bits per heavy atom. The second kappa shape index (κ2) is 6.75. The molecule has 2 aromatic rings. The van der Waals surface area contributed by atoms with Crippen LogP contribution in [-0.4, -0.2) is 13.7 Å². The third kappa shape index (κ3) is 3.31. The van der Waals surface area contributed by atoms with Crippen molar-refractivity contribution >= 4 is 38.9 Å². The van der Waals surface area contributed by atoms with Crippen LogP contribution < -0.4 is 10.1 Å². The molecule has 0 fully saturated rings. The van der Waals surface area contributed by atoms with Crippen molar-refractivity contribution < 1.29 is 4.74 Å². The number of hydrogen-bond acceptors (Lipinski definition) is 3. The smallest absolute Gasteiger partial charge is 0.119 e. The van der Waals surface area contributed by atoms with Crippen molar-refractivity contribution in [2.45, 2.75) is 13.0 Å². The van der Waals surface area contributed by atoms with Crippen LogP contribution in [0.15, 0.2) is 34.1 Å². The van der Waals surface area contributed by atoms with Crippen molar-refractivity contribution in [1.29, 1.82) is 0 Å². The summed E-state index contributed by atoms with van der Waals surface area (Å²) in [6.45, 7) is 2.95. The number of ether oxygens (including phenoxy) is 1. The molecule has 1 aromatic carbocycles. The Morgan fingerprint density at radius 3 is 2.79 bits per heavy atom. The van der Waals surface area contributed by atoms with Gasteiger partial charge in [0.2, 0.25) is 0 Å². The Hall–Kier alpha value is -0.550. The molecule has 0 saturated heterocycles. The molecule has 0 bridgehead atoms. The van der Waals surface area contributed by atoms with Crippen molar-refractivity contribution in [2.24, 2.45) is 0 Å². The van der Waals surface area contributed by atoms with Gasteiger partial charge in [-0.05, 0) is 41.8 Å². The van der Waals surface area contributed by atoms with Crippen molar-refractivity contribution in [3.8, 4) is 5.75 Å². The number of benzene rings is 1. The van der Waals surface area contributed by atoms with Gasteiger partial charge in [0.15, 0.2) is 0 Å². The zero-order valence-corrected chi connectivity index (χ0v) is 13.9. The lowest BCUT2D eigenvalue weighted by Gasteiger charge is -2.20. The molecule has 0 aliphatic carbocycles. The van der Waals surface area contributed by atoms with Crippen LogP contribution in [0.4, 0.5) is 0 Å². The minimum atomic E-state index is 0.0713. The van der Waals surface area contributed by atoms with Crippen LogP contribution in [0.25, 0.3) is 0 Å². The summed E-state index contributed by atoms with van der Waals surface area (Å²) in [7, 11) is 1.67. The van der Waals surface area contributed by atoms with Crippen molar-refractivity contribution in [3.05, 3.63) is 49.6 Å². The van der Waals surface area contributed by atoms with E-state index in [2.05, 4.69) is 28.2 Å². The van der Waals surface area contributed by atoms with Crippen LogP contribution in [0, 0.1) is 0 Å². The van der Waals surface area contributed by atoms with E-state index in [-0.39, 0.29) is 6.04 Å². The summed E-state index contributed by atoms with van der Waals surface area (Å²) >= 11 is 11.5. The highest BCUT2D eigenvalue weighted by Gasteiger charge is 2.20. The molecule has 19 heavy (non-hydrogen) atoms.